The van der Waals surface area contributed by atoms with Crippen molar-refractivity contribution in [1.82, 2.24) is 25.4 Å². The van der Waals surface area contributed by atoms with Crippen molar-refractivity contribution in [3.63, 3.8) is 0 Å². The lowest BCUT2D eigenvalue weighted by Gasteiger charge is -2.26. The van der Waals surface area contributed by atoms with E-state index in [9.17, 15) is 18.4 Å². The number of carbonyl (C=O) groups is 2. The maximum absolute atomic E-state index is 14.8. The summed E-state index contributed by atoms with van der Waals surface area (Å²) in [6.45, 7) is 4.93. The molecule has 1 fully saturated rings. The third kappa shape index (κ3) is 4.83. The second-order valence-corrected chi connectivity index (χ2v) is 8.83. The number of hydrogen-bond acceptors (Lipinski definition) is 4. The lowest BCUT2D eigenvalue weighted by molar-refractivity contribution is -0.137. The third-order valence-electron chi connectivity index (χ3n) is 6.09. The Morgan fingerprint density at radius 2 is 2.00 bits per heavy atom. The number of carbonyl (C=O) groups excluding carboxylic acids is 2. The number of benzene rings is 1. The van der Waals surface area contributed by atoms with Crippen LogP contribution in [0.15, 0.2) is 48.7 Å². The summed E-state index contributed by atoms with van der Waals surface area (Å²) in [7, 11) is 0. The van der Waals surface area contributed by atoms with Crippen LogP contribution in [0, 0.1) is 5.95 Å². The summed E-state index contributed by atoms with van der Waals surface area (Å²) in [5.74, 6) is -1.54. The summed E-state index contributed by atoms with van der Waals surface area (Å²) < 4.78 is 28.9. The number of likely N-dealkylation sites (tertiary alicyclic amines) is 1. The monoisotopic (exact) mass is 467 g/mol. The lowest BCUT2D eigenvalue weighted by atomic mass is 9.97. The average molecular weight is 468 g/mol. The lowest BCUT2D eigenvalue weighted by Crippen LogP contribution is -2.46. The second kappa shape index (κ2) is 9.70. The number of halogens is 2. The molecule has 3 atom stereocenters. The molecule has 3 heterocycles. The van der Waals surface area contributed by atoms with Gasteiger partial charge in [0.1, 0.15) is 12.2 Å². The predicted molar refractivity (Wildman–Crippen MR) is 123 cm³/mol. The smallest absolute Gasteiger partial charge is 0.243 e. The summed E-state index contributed by atoms with van der Waals surface area (Å²) in [5.41, 5.74) is 3.04. The van der Waals surface area contributed by atoms with Crippen LogP contribution in [-0.2, 0) is 9.59 Å². The molecule has 2 aromatic heterocycles. The number of hydrogen-bond donors (Lipinski definition) is 2. The zero-order valence-corrected chi connectivity index (χ0v) is 19.3. The molecular weight excluding hydrogens is 440 g/mol. The van der Waals surface area contributed by atoms with Crippen molar-refractivity contribution in [2.45, 2.75) is 51.4 Å². The molecule has 178 valence electrons. The Morgan fingerprint density at radius 1 is 1.21 bits per heavy atom. The van der Waals surface area contributed by atoms with Crippen molar-refractivity contribution in [2.24, 2.45) is 0 Å². The Kier molecular flexibility index (Phi) is 6.72. The molecule has 0 saturated carbocycles. The van der Waals surface area contributed by atoms with Gasteiger partial charge in [-0.25, -0.2) is 9.37 Å². The predicted octanol–water partition coefficient (Wildman–Crippen LogP) is 3.90. The van der Waals surface area contributed by atoms with E-state index in [-0.39, 0.29) is 24.8 Å². The summed E-state index contributed by atoms with van der Waals surface area (Å²) in [6, 6.07) is 10.8. The van der Waals surface area contributed by atoms with Crippen LogP contribution in [0.4, 0.5) is 8.78 Å². The fourth-order valence-electron chi connectivity index (χ4n) is 4.30. The van der Waals surface area contributed by atoms with Gasteiger partial charge in [-0.3, -0.25) is 14.7 Å². The molecule has 4 rings (SSSR count). The van der Waals surface area contributed by atoms with Crippen LogP contribution >= 0.6 is 0 Å². The highest BCUT2D eigenvalue weighted by Crippen LogP contribution is 2.29. The van der Waals surface area contributed by atoms with Crippen LogP contribution in [0.1, 0.15) is 56.0 Å². The first kappa shape index (κ1) is 23.5. The first-order valence-electron chi connectivity index (χ1n) is 11.2. The van der Waals surface area contributed by atoms with Gasteiger partial charge in [0.2, 0.25) is 17.8 Å². The molecule has 34 heavy (non-hydrogen) atoms. The standard InChI is InChI=1S/C25H27F2N5O2/c1-14(2)19-7-8-21(29-24(19)27)23(17-6-4-5-16(11-17)20-9-10-28-31-20)30-25(34)22-12-18(26)13-32(22)15(3)33/h4-11,14,18,22-23H,12-13H2,1-3H3,(H,28,31)(H,30,34)/t18-,22+,23?/m1/s1. The summed E-state index contributed by atoms with van der Waals surface area (Å²) >= 11 is 0. The van der Waals surface area contributed by atoms with Gasteiger partial charge in [0.25, 0.3) is 0 Å². The van der Waals surface area contributed by atoms with E-state index in [1.54, 1.807) is 24.4 Å². The Bertz CT molecular complexity index is 1180. The van der Waals surface area contributed by atoms with Crippen LogP contribution < -0.4 is 5.32 Å². The molecule has 2 amide bonds. The SMILES string of the molecule is CC(=O)N1C[C@H](F)C[C@H]1C(=O)NC(c1cccc(-c2ccn[nH]2)c1)c1ccc(C(C)C)c(F)n1. The van der Waals surface area contributed by atoms with E-state index in [1.165, 1.54) is 11.8 Å². The number of nitrogens with one attached hydrogen (secondary N) is 2. The van der Waals surface area contributed by atoms with E-state index in [2.05, 4.69) is 20.5 Å². The number of nitrogens with zero attached hydrogens (tertiary/aromatic N) is 3. The highest BCUT2D eigenvalue weighted by atomic mass is 19.1. The minimum Gasteiger partial charge on any atom is -0.342 e. The van der Waals surface area contributed by atoms with E-state index in [4.69, 9.17) is 0 Å². The van der Waals surface area contributed by atoms with Crippen LogP contribution in [-0.4, -0.2) is 50.7 Å². The van der Waals surface area contributed by atoms with Crippen LogP contribution in [0.2, 0.25) is 0 Å². The van der Waals surface area contributed by atoms with Crippen molar-refractivity contribution < 1.29 is 18.4 Å². The van der Waals surface area contributed by atoms with Gasteiger partial charge in [-0.1, -0.05) is 38.1 Å². The summed E-state index contributed by atoms with van der Waals surface area (Å²) in [6.07, 6.45) is 0.273. The van der Waals surface area contributed by atoms with Gasteiger partial charge >= 0.3 is 0 Å². The molecule has 1 aliphatic rings. The van der Waals surface area contributed by atoms with E-state index in [0.29, 0.717) is 16.8 Å². The van der Waals surface area contributed by atoms with Gasteiger partial charge in [0.15, 0.2) is 0 Å². The van der Waals surface area contributed by atoms with Gasteiger partial charge in [-0.05, 0) is 35.2 Å². The number of pyridine rings is 1. The summed E-state index contributed by atoms with van der Waals surface area (Å²) in [4.78, 5) is 30.6. The van der Waals surface area contributed by atoms with Crippen molar-refractivity contribution in [3.8, 4) is 11.3 Å². The molecule has 0 aliphatic carbocycles. The van der Waals surface area contributed by atoms with Crippen molar-refractivity contribution >= 4 is 11.8 Å². The third-order valence-corrected chi connectivity index (χ3v) is 6.09. The molecule has 1 unspecified atom stereocenters. The molecule has 1 saturated heterocycles. The molecular formula is C25H27F2N5O2. The average Bonchev–Trinajstić information content (AvgIpc) is 3.47. The molecule has 2 N–H and O–H groups in total. The first-order valence-corrected chi connectivity index (χ1v) is 11.2. The molecule has 9 heteroatoms. The number of amides is 2. The van der Waals surface area contributed by atoms with Crippen molar-refractivity contribution in [1.29, 1.82) is 0 Å². The number of aromatic amines is 1. The van der Waals surface area contributed by atoms with Gasteiger partial charge in [-0.15, -0.1) is 0 Å². The van der Waals surface area contributed by atoms with Crippen molar-refractivity contribution in [3.05, 3.63) is 71.4 Å². The second-order valence-electron chi connectivity index (χ2n) is 8.83. The Labute approximate surface area is 196 Å². The van der Waals surface area contributed by atoms with Crippen LogP contribution in [0.3, 0.4) is 0 Å². The molecule has 7 nitrogen and oxygen atoms in total. The molecule has 1 aliphatic heterocycles. The van der Waals surface area contributed by atoms with Crippen molar-refractivity contribution in [2.75, 3.05) is 6.54 Å². The Balaban J connectivity index is 1.72. The van der Waals surface area contributed by atoms with E-state index >= 15 is 0 Å². The maximum atomic E-state index is 14.8. The maximum Gasteiger partial charge on any atom is 0.243 e. The largest absolute Gasteiger partial charge is 0.342 e. The first-order chi connectivity index (χ1) is 16.2. The highest BCUT2D eigenvalue weighted by Gasteiger charge is 2.39. The number of H-pyrrole nitrogens is 1. The number of alkyl halides is 1. The van der Waals surface area contributed by atoms with Crippen LogP contribution in [0.5, 0.6) is 0 Å². The van der Waals surface area contributed by atoms with Crippen LogP contribution in [0.25, 0.3) is 11.3 Å². The Hall–Kier alpha value is -3.62. The number of aromatic nitrogens is 3. The van der Waals surface area contributed by atoms with Gasteiger partial charge < -0.3 is 10.2 Å². The molecule has 0 radical (unpaired) electrons. The summed E-state index contributed by atoms with van der Waals surface area (Å²) in [5, 5.41) is 9.76. The van der Waals surface area contributed by atoms with Gasteiger partial charge in [0.05, 0.1) is 24.0 Å². The number of rotatable bonds is 6. The van der Waals surface area contributed by atoms with Gasteiger partial charge in [0, 0.05) is 25.1 Å². The molecule has 0 spiro atoms. The zero-order valence-electron chi connectivity index (χ0n) is 19.3. The fraction of sp³-hybridized carbons (Fsp3) is 0.360. The van der Waals surface area contributed by atoms with E-state index in [1.807, 2.05) is 38.1 Å². The highest BCUT2D eigenvalue weighted by molar-refractivity contribution is 5.88. The van der Waals surface area contributed by atoms with E-state index in [0.717, 1.165) is 11.3 Å². The van der Waals surface area contributed by atoms with Gasteiger partial charge in [-0.2, -0.15) is 9.49 Å². The topological polar surface area (TPSA) is 91.0 Å². The molecule has 0 bridgehead atoms. The minimum absolute atomic E-state index is 0.0533. The molecule has 3 aromatic rings. The minimum atomic E-state index is -1.28. The fourth-order valence-corrected chi connectivity index (χ4v) is 4.30. The van der Waals surface area contributed by atoms with E-state index < -0.39 is 30.1 Å². The normalized spacial score (nSPS) is 18.8. The quantitative estimate of drug-likeness (QED) is 0.538. The zero-order chi connectivity index (χ0) is 24.4. The Morgan fingerprint density at radius 3 is 2.65 bits per heavy atom. The molecule has 1 aromatic carbocycles.